The van der Waals surface area contributed by atoms with Crippen molar-refractivity contribution in [1.29, 1.82) is 0 Å². The first-order valence-corrected chi connectivity index (χ1v) is 4.46. The van der Waals surface area contributed by atoms with E-state index in [2.05, 4.69) is 0 Å². The Hall–Kier alpha value is -1.47. The van der Waals surface area contributed by atoms with Crippen molar-refractivity contribution < 1.29 is 27.9 Å². The number of hydrogen-bond donors (Lipinski definition) is 1. The van der Waals surface area contributed by atoms with Crippen molar-refractivity contribution in [1.82, 2.24) is 9.80 Å². The van der Waals surface area contributed by atoms with Gasteiger partial charge >= 0.3 is 18.2 Å². The van der Waals surface area contributed by atoms with Gasteiger partial charge in [0.1, 0.15) is 13.1 Å². The molecule has 0 bridgehead atoms. The van der Waals surface area contributed by atoms with Crippen molar-refractivity contribution in [2.24, 2.45) is 0 Å². The van der Waals surface area contributed by atoms with Gasteiger partial charge in [0.25, 0.3) is 0 Å². The van der Waals surface area contributed by atoms with E-state index in [4.69, 9.17) is 5.11 Å². The summed E-state index contributed by atoms with van der Waals surface area (Å²) in [7, 11) is 0.973. The van der Waals surface area contributed by atoms with E-state index in [1.807, 2.05) is 0 Å². The molecule has 0 heterocycles. The van der Waals surface area contributed by atoms with Crippen LogP contribution in [0.5, 0.6) is 0 Å². The van der Waals surface area contributed by atoms with Gasteiger partial charge in [-0.3, -0.25) is 4.79 Å². The Morgan fingerprint density at radius 2 is 1.81 bits per heavy atom. The minimum atomic E-state index is -4.49. The molecule has 0 aromatic carbocycles. The number of carbonyl (C=O) groups is 2. The lowest BCUT2D eigenvalue weighted by Crippen LogP contribution is -2.46. The summed E-state index contributed by atoms with van der Waals surface area (Å²) in [6, 6.07) is -0.956. The van der Waals surface area contributed by atoms with Crippen LogP contribution in [-0.4, -0.2) is 59.8 Å². The van der Waals surface area contributed by atoms with Gasteiger partial charge < -0.3 is 14.9 Å². The van der Waals surface area contributed by atoms with Crippen LogP contribution in [0.1, 0.15) is 6.92 Å². The lowest BCUT2D eigenvalue weighted by molar-refractivity contribution is -0.140. The fourth-order valence-electron chi connectivity index (χ4n) is 1.06. The molecular formula is C8H13F3N2O3. The number of aliphatic carboxylic acids is 1. The van der Waals surface area contributed by atoms with Crippen LogP contribution in [-0.2, 0) is 4.79 Å². The molecular weight excluding hydrogens is 229 g/mol. The van der Waals surface area contributed by atoms with Crippen LogP contribution in [0, 0.1) is 0 Å². The lowest BCUT2D eigenvalue weighted by atomic mass is 10.5. The highest BCUT2D eigenvalue weighted by Gasteiger charge is 2.32. The third-order valence-electron chi connectivity index (χ3n) is 1.72. The van der Waals surface area contributed by atoms with Crippen LogP contribution in [0.4, 0.5) is 18.0 Å². The van der Waals surface area contributed by atoms with E-state index >= 15 is 0 Å². The topological polar surface area (TPSA) is 60.9 Å². The number of carbonyl (C=O) groups excluding carboxylic acids is 1. The van der Waals surface area contributed by atoms with Crippen molar-refractivity contribution in [3.8, 4) is 0 Å². The molecule has 1 N–H and O–H groups in total. The monoisotopic (exact) mass is 242 g/mol. The molecule has 0 unspecified atom stereocenters. The Labute approximate surface area is 90.4 Å². The van der Waals surface area contributed by atoms with Gasteiger partial charge in [-0.05, 0) is 6.92 Å². The number of amides is 2. The largest absolute Gasteiger partial charge is 0.480 e. The first-order chi connectivity index (χ1) is 7.17. The maximum atomic E-state index is 12.0. The summed E-state index contributed by atoms with van der Waals surface area (Å²) >= 11 is 0. The first kappa shape index (κ1) is 14.5. The van der Waals surface area contributed by atoms with Gasteiger partial charge in [-0.2, -0.15) is 13.2 Å². The van der Waals surface area contributed by atoms with E-state index in [9.17, 15) is 22.8 Å². The molecule has 2 amide bonds. The standard InChI is InChI=1S/C8H13F3N2O3/c1-3-13(4-6(14)15)7(16)12(2)5-8(9,10)11/h3-5H2,1-2H3,(H,14,15). The molecule has 0 aromatic heterocycles. The van der Waals surface area contributed by atoms with Gasteiger partial charge in [-0.1, -0.05) is 0 Å². The smallest absolute Gasteiger partial charge is 0.406 e. The van der Waals surface area contributed by atoms with Crippen LogP contribution in [0.15, 0.2) is 0 Å². The fourth-order valence-corrected chi connectivity index (χ4v) is 1.06. The zero-order chi connectivity index (χ0) is 12.9. The lowest BCUT2D eigenvalue weighted by Gasteiger charge is -2.26. The van der Waals surface area contributed by atoms with Crippen molar-refractivity contribution in [2.45, 2.75) is 13.1 Å². The van der Waals surface area contributed by atoms with E-state index in [1.165, 1.54) is 6.92 Å². The second-order valence-corrected chi connectivity index (χ2v) is 3.16. The van der Waals surface area contributed by atoms with Crippen LogP contribution >= 0.6 is 0 Å². The molecule has 16 heavy (non-hydrogen) atoms. The Morgan fingerprint density at radius 1 is 1.31 bits per heavy atom. The third-order valence-corrected chi connectivity index (χ3v) is 1.72. The number of alkyl halides is 3. The van der Waals surface area contributed by atoms with Crippen molar-refractivity contribution >= 4 is 12.0 Å². The third kappa shape index (κ3) is 5.42. The average molecular weight is 242 g/mol. The average Bonchev–Trinajstić information content (AvgIpc) is 2.09. The number of halogens is 3. The van der Waals surface area contributed by atoms with E-state index < -0.39 is 31.3 Å². The highest BCUT2D eigenvalue weighted by Crippen LogP contribution is 2.16. The molecule has 0 radical (unpaired) electrons. The number of rotatable bonds is 4. The van der Waals surface area contributed by atoms with Crippen LogP contribution in [0.25, 0.3) is 0 Å². The summed E-state index contributed by atoms with van der Waals surface area (Å²) in [5.74, 6) is -1.27. The molecule has 0 aliphatic carbocycles. The van der Waals surface area contributed by atoms with Gasteiger partial charge in [0.2, 0.25) is 0 Å². The molecule has 0 spiro atoms. The molecule has 8 heteroatoms. The Morgan fingerprint density at radius 3 is 2.12 bits per heavy atom. The van der Waals surface area contributed by atoms with Crippen LogP contribution in [0.3, 0.4) is 0 Å². The normalized spacial score (nSPS) is 11.1. The first-order valence-electron chi connectivity index (χ1n) is 4.46. The van der Waals surface area contributed by atoms with Gasteiger partial charge in [-0.25, -0.2) is 4.79 Å². The molecule has 94 valence electrons. The Kier molecular flexibility index (Phi) is 5.06. The van der Waals surface area contributed by atoms with E-state index in [0.717, 1.165) is 11.9 Å². The molecule has 0 aliphatic rings. The molecule has 0 atom stereocenters. The summed E-state index contributed by atoms with van der Waals surface area (Å²) < 4.78 is 35.9. The summed E-state index contributed by atoms with van der Waals surface area (Å²) in [6.45, 7) is -0.491. The van der Waals surface area contributed by atoms with Crippen LogP contribution < -0.4 is 0 Å². The minimum Gasteiger partial charge on any atom is -0.480 e. The molecule has 0 aromatic rings. The van der Waals surface area contributed by atoms with Crippen molar-refractivity contribution in [3.05, 3.63) is 0 Å². The van der Waals surface area contributed by atoms with Gasteiger partial charge in [0, 0.05) is 13.6 Å². The molecule has 0 saturated carbocycles. The van der Waals surface area contributed by atoms with Crippen molar-refractivity contribution in [2.75, 3.05) is 26.7 Å². The Balaban J connectivity index is 4.44. The maximum Gasteiger partial charge on any atom is 0.406 e. The molecule has 5 nitrogen and oxygen atoms in total. The number of hydrogen-bond acceptors (Lipinski definition) is 2. The fraction of sp³-hybridized carbons (Fsp3) is 0.750. The van der Waals surface area contributed by atoms with Gasteiger partial charge in [0.05, 0.1) is 0 Å². The highest BCUT2D eigenvalue weighted by atomic mass is 19.4. The molecule has 0 fully saturated rings. The number of carboxylic acid groups (broad SMARTS) is 1. The second kappa shape index (κ2) is 5.57. The summed E-state index contributed by atoms with van der Waals surface area (Å²) in [6.07, 6.45) is -4.49. The van der Waals surface area contributed by atoms with Gasteiger partial charge in [0.15, 0.2) is 0 Å². The van der Waals surface area contributed by atoms with E-state index in [0.29, 0.717) is 4.90 Å². The molecule has 0 aliphatic heterocycles. The van der Waals surface area contributed by atoms with E-state index in [-0.39, 0.29) is 6.54 Å². The predicted molar refractivity (Wildman–Crippen MR) is 49.0 cm³/mol. The maximum absolute atomic E-state index is 12.0. The Bertz CT molecular complexity index is 268. The molecule has 0 rings (SSSR count). The minimum absolute atomic E-state index is 0.0351. The highest BCUT2D eigenvalue weighted by molar-refractivity contribution is 5.80. The van der Waals surface area contributed by atoms with Crippen LogP contribution in [0.2, 0.25) is 0 Å². The second-order valence-electron chi connectivity index (χ2n) is 3.16. The summed E-state index contributed by atoms with van der Waals surface area (Å²) in [5, 5.41) is 8.44. The number of urea groups is 1. The summed E-state index contributed by atoms with van der Waals surface area (Å²) in [4.78, 5) is 23.0. The van der Waals surface area contributed by atoms with E-state index in [1.54, 1.807) is 0 Å². The SMILES string of the molecule is CCN(CC(=O)O)C(=O)N(C)CC(F)(F)F. The van der Waals surface area contributed by atoms with Crippen molar-refractivity contribution in [3.63, 3.8) is 0 Å². The summed E-state index contributed by atoms with van der Waals surface area (Å²) in [5.41, 5.74) is 0. The molecule has 0 saturated heterocycles. The van der Waals surface area contributed by atoms with Gasteiger partial charge in [-0.15, -0.1) is 0 Å². The predicted octanol–water partition coefficient (Wildman–Crippen LogP) is 1.01. The zero-order valence-corrected chi connectivity index (χ0v) is 8.91. The number of nitrogens with zero attached hydrogens (tertiary/aromatic N) is 2. The number of likely N-dealkylation sites (N-methyl/N-ethyl adjacent to an activating group) is 1. The quantitative estimate of drug-likeness (QED) is 0.800. The zero-order valence-electron chi connectivity index (χ0n) is 8.91. The number of carboxylic acids is 1.